The second-order valence-corrected chi connectivity index (χ2v) is 4.46. The van der Waals surface area contributed by atoms with E-state index in [9.17, 15) is 9.18 Å². The Bertz CT molecular complexity index is 379. The molecule has 2 N–H and O–H groups in total. The highest BCUT2D eigenvalue weighted by Gasteiger charge is 2.16. The van der Waals surface area contributed by atoms with E-state index in [4.69, 9.17) is 10.5 Å². The summed E-state index contributed by atoms with van der Waals surface area (Å²) < 4.78 is 17.9. The smallest absolute Gasteiger partial charge is 0.323 e. The lowest BCUT2D eigenvalue weighted by molar-refractivity contribution is -0.146. The van der Waals surface area contributed by atoms with Gasteiger partial charge in [0.15, 0.2) is 0 Å². The van der Waals surface area contributed by atoms with E-state index in [1.54, 1.807) is 12.1 Å². The highest BCUT2D eigenvalue weighted by Crippen LogP contribution is 2.07. The molecule has 0 fully saturated rings. The summed E-state index contributed by atoms with van der Waals surface area (Å²) in [6.45, 7) is 4.26. The van der Waals surface area contributed by atoms with Crippen molar-refractivity contribution in [2.24, 2.45) is 11.7 Å². The molecule has 0 aliphatic heterocycles. The predicted octanol–water partition coefficient (Wildman–Crippen LogP) is 1.89. The van der Waals surface area contributed by atoms with Crippen molar-refractivity contribution < 1.29 is 13.9 Å². The number of benzene rings is 1. The summed E-state index contributed by atoms with van der Waals surface area (Å²) >= 11 is 0. The number of esters is 1. The minimum absolute atomic E-state index is 0.278. The van der Waals surface area contributed by atoms with Crippen molar-refractivity contribution in [2.75, 3.05) is 6.61 Å². The van der Waals surface area contributed by atoms with Crippen LogP contribution in [0.25, 0.3) is 0 Å². The Labute approximate surface area is 101 Å². The molecule has 0 spiro atoms. The highest BCUT2D eigenvalue weighted by molar-refractivity contribution is 5.75. The van der Waals surface area contributed by atoms with Gasteiger partial charge >= 0.3 is 5.97 Å². The van der Waals surface area contributed by atoms with Gasteiger partial charge < -0.3 is 10.5 Å². The molecule has 94 valence electrons. The molecule has 0 saturated carbocycles. The van der Waals surface area contributed by atoms with Crippen LogP contribution in [0.2, 0.25) is 0 Å². The van der Waals surface area contributed by atoms with Gasteiger partial charge in [-0.15, -0.1) is 0 Å². The van der Waals surface area contributed by atoms with Gasteiger partial charge in [0.1, 0.15) is 11.9 Å². The number of halogens is 1. The average Bonchev–Trinajstić information content (AvgIpc) is 2.25. The van der Waals surface area contributed by atoms with E-state index >= 15 is 0 Å². The van der Waals surface area contributed by atoms with E-state index < -0.39 is 12.0 Å². The number of ether oxygens (including phenoxy) is 1. The minimum atomic E-state index is -0.740. The van der Waals surface area contributed by atoms with Crippen molar-refractivity contribution in [3.8, 4) is 0 Å². The predicted molar refractivity (Wildman–Crippen MR) is 63.9 cm³/mol. The lowest BCUT2D eigenvalue weighted by Crippen LogP contribution is -2.35. The largest absolute Gasteiger partial charge is 0.464 e. The fraction of sp³-hybridized carbons (Fsp3) is 0.462. The first-order chi connectivity index (χ1) is 7.99. The maximum Gasteiger partial charge on any atom is 0.323 e. The van der Waals surface area contributed by atoms with E-state index in [0.717, 1.165) is 0 Å². The van der Waals surface area contributed by atoms with Gasteiger partial charge in [-0.2, -0.15) is 0 Å². The van der Waals surface area contributed by atoms with Crippen LogP contribution in [0.4, 0.5) is 4.39 Å². The lowest BCUT2D eigenvalue weighted by atomic mass is 10.1. The van der Waals surface area contributed by atoms with E-state index in [1.165, 1.54) is 12.1 Å². The Balaban J connectivity index is 2.48. The number of carbonyl (C=O) groups excluding carboxylic acids is 1. The molecule has 17 heavy (non-hydrogen) atoms. The van der Waals surface area contributed by atoms with Crippen molar-refractivity contribution in [3.05, 3.63) is 35.6 Å². The third kappa shape index (κ3) is 4.95. The summed E-state index contributed by atoms with van der Waals surface area (Å²) in [7, 11) is 0. The molecule has 1 aromatic carbocycles. The number of hydrogen-bond acceptors (Lipinski definition) is 3. The quantitative estimate of drug-likeness (QED) is 0.798. The van der Waals surface area contributed by atoms with Crippen LogP contribution in [0.15, 0.2) is 24.3 Å². The Morgan fingerprint density at radius 3 is 2.76 bits per heavy atom. The van der Waals surface area contributed by atoms with Crippen molar-refractivity contribution in [1.82, 2.24) is 0 Å². The van der Waals surface area contributed by atoms with Crippen LogP contribution in [0.3, 0.4) is 0 Å². The summed E-state index contributed by atoms with van der Waals surface area (Å²) in [5.74, 6) is -0.492. The van der Waals surface area contributed by atoms with Crippen LogP contribution < -0.4 is 5.73 Å². The molecule has 0 bridgehead atoms. The van der Waals surface area contributed by atoms with Crippen LogP contribution in [0, 0.1) is 11.7 Å². The number of carbonyl (C=O) groups is 1. The Kier molecular flexibility index (Phi) is 5.10. The van der Waals surface area contributed by atoms with Crippen LogP contribution >= 0.6 is 0 Å². The van der Waals surface area contributed by atoms with Crippen molar-refractivity contribution >= 4 is 5.97 Å². The van der Waals surface area contributed by atoms with Crippen LogP contribution in [0.5, 0.6) is 0 Å². The first kappa shape index (κ1) is 13.6. The van der Waals surface area contributed by atoms with Gasteiger partial charge in [-0.25, -0.2) is 4.39 Å². The molecule has 0 radical (unpaired) electrons. The molecule has 0 aliphatic rings. The first-order valence-electron chi connectivity index (χ1n) is 5.65. The van der Waals surface area contributed by atoms with Gasteiger partial charge in [0, 0.05) is 0 Å². The SMILES string of the molecule is CC(C)COC(=O)[C@@H](N)Cc1cccc(F)c1. The summed E-state index contributed by atoms with van der Waals surface area (Å²) in [4.78, 5) is 11.5. The zero-order valence-electron chi connectivity index (χ0n) is 10.2. The van der Waals surface area contributed by atoms with Gasteiger partial charge in [-0.3, -0.25) is 4.79 Å². The maximum absolute atomic E-state index is 12.9. The molecular weight excluding hydrogens is 221 g/mol. The van der Waals surface area contributed by atoms with Gasteiger partial charge in [0.05, 0.1) is 6.61 Å². The summed E-state index contributed by atoms with van der Waals surface area (Å²) in [5.41, 5.74) is 6.38. The number of rotatable bonds is 5. The molecule has 1 rings (SSSR count). The molecule has 4 heteroatoms. The third-order valence-corrected chi connectivity index (χ3v) is 2.21. The monoisotopic (exact) mass is 239 g/mol. The van der Waals surface area contributed by atoms with Crippen molar-refractivity contribution in [1.29, 1.82) is 0 Å². The zero-order valence-corrected chi connectivity index (χ0v) is 10.2. The number of hydrogen-bond donors (Lipinski definition) is 1. The molecule has 3 nitrogen and oxygen atoms in total. The van der Waals surface area contributed by atoms with Crippen LogP contribution in [-0.2, 0) is 16.0 Å². The van der Waals surface area contributed by atoms with E-state index in [2.05, 4.69) is 0 Å². The second kappa shape index (κ2) is 6.35. The average molecular weight is 239 g/mol. The Hall–Kier alpha value is -1.42. The highest BCUT2D eigenvalue weighted by atomic mass is 19.1. The standard InChI is InChI=1S/C13H18FNO2/c1-9(2)8-17-13(16)12(15)7-10-4-3-5-11(14)6-10/h3-6,9,12H,7-8,15H2,1-2H3/t12-/m0/s1. The third-order valence-electron chi connectivity index (χ3n) is 2.21. The second-order valence-electron chi connectivity index (χ2n) is 4.46. The molecule has 0 aliphatic carbocycles. The lowest BCUT2D eigenvalue weighted by Gasteiger charge is -2.12. The molecule has 1 aromatic rings. The van der Waals surface area contributed by atoms with Gasteiger partial charge in [0.2, 0.25) is 0 Å². The Morgan fingerprint density at radius 1 is 1.47 bits per heavy atom. The van der Waals surface area contributed by atoms with Crippen molar-refractivity contribution in [2.45, 2.75) is 26.3 Å². The Morgan fingerprint density at radius 2 is 2.18 bits per heavy atom. The first-order valence-corrected chi connectivity index (χ1v) is 5.65. The maximum atomic E-state index is 12.9. The fourth-order valence-corrected chi connectivity index (χ4v) is 1.36. The molecule has 0 aromatic heterocycles. The zero-order chi connectivity index (χ0) is 12.8. The minimum Gasteiger partial charge on any atom is -0.464 e. The fourth-order valence-electron chi connectivity index (χ4n) is 1.36. The van der Waals surface area contributed by atoms with E-state index in [-0.39, 0.29) is 18.2 Å². The van der Waals surface area contributed by atoms with Crippen molar-refractivity contribution in [3.63, 3.8) is 0 Å². The number of nitrogens with two attached hydrogens (primary N) is 1. The topological polar surface area (TPSA) is 52.3 Å². The molecule has 0 saturated heterocycles. The van der Waals surface area contributed by atoms with E-state index in [0.29, 0.717) is 12.2 Å². The molecular formula is C13H18FNO2. The molecule has 0 amide bonds. The molecule has 1 atom stereocenters. The van der Waals surface area contributed by atoms with Crippen LogP contribution in [0.1, 0.15) is 19.4 Å². The summed E-state index contributed by atoms with van der Waals surface area (Å²) in [6, 6.07) is 5.31. The van der Waals surface area contributed by atoms with Crippen LogP contribution in [-0.4, -0.2) is 18.6 Å². The van der Waals surface area contributed by atoms with E-state index in [1.807, 2.05) is 13.8 Å². The normalized spacial score (nSPS) is 12.5. The summed E-state index contributed by atoms with van der Waals surface area (Å²) in [6.07, 6.45) is 0.286. The van der Waals surface area contributed by atoms with Gasteiger partial charge in [0.25, 0.3) is 0 Å². The summed E-state index contributed by atoms with van der Waals surface area (Å²) in [5, 5.41) is 0. The van der Waals surface area contributed by atoms with Gasteiger partial charge in [-0.05, 0) is 30.0 Å². The van der Waals surface area contributed by atoms with Gasteiger partial charge in [-0.1, -0.05) is 26.0 Å². The molecule has 0 heterocycles. The molecule has 0 unspecified atom stereocenters.